The molecular formula is C59H41N. The third-order valence-electron chi connectivity index (χ3n) is 13.0. The van der Waals surface area contributed by atoms with Crippen LogP contribution in [0, 0.1) is 0 Å². The van der Waals surface area contributed by atoms with Crippen LogP contribution in [-0.4, -0.2) is 4.57 Å². The van der Waals surface area contributed by atoms with Crippen molar-refractivity contribution >= 4 is 43.4 Å². The van der Waals surface area contributed by atoms with Crippen LogP contribution in [0.5, 0.6) is 0 Å². The summed E-state index contributed by atoms with van der Waals surface area (Å²) in [4.78, 5) is 0. The van der Waals surface area contributed by atoms with Crippen LogP contribution in [0.25, 0.3) is 71.3 Å². The van der Waals surface area contributed by atoms with Crippen molar-refractivity contribution in [2.75, 3.05) is 0 Å². The lowest BCUT2D eigenvalue weighted by molar-refractivity contribution is 0.806. The molecule has 11 aromatic rings. The summed E-state index contributed by atoms with van der Waals surface area (Å²) in [5, 5.41) is 7.76. The average Bonchev–Trinajstić information content (AvgIpc) is 3.64. The highest BCUT2D eigenvalue weighted by Crippen LogP contribution is 2.50. The molecule has 1 aromatic heterocycles. The van der Waals surface area contributed by atoms with E-state index in [1.807, 2.05) is 0 Å². The van der Waals surface area contributed by atoms with Gasteiger partial charge in [0.2, 0.25) is 0 Å². The van der Waals surface area contributed by atoms with Crippen molar-refractivity contribution in [3.05, 3.63) is 258 Å². The van der Waals surface area contributed by atoms with Crippen LogP contribution in [0.15, 0.2) is 224 Å². The summed E-state index contributed by atoms with van der Waals surface area (Å²) in [6.07, 6.45) is 0.891. The van der Waals surface area contributed by atoms with Crippen LogP contribution in [0.1, 0.15) is 45.2 Å². The van der Waals surface area contributed by atoms with E-state index in [9.17, 15) is 0 Å². The summed E-state index contributed by atoms with van der Waals surface area (Å²) in [5.41, 5.74) is 16.8. The summed E-state index contributed by atoms with van der Waals surface area (Å²) in [6.45, 7) is 0. The number of aromatic nitrogens is 1. The van der Waals surface area contributed by atoms with Gasteiger partial charge in [-0.05, 0) is 120 Å². The van der Waals surface area contributed by atoms with Gasteiger partial charge < -0.3 is 4.57 Å². The highest BCUT2D eigenvalue weighted by molar-refractivity contribution is 6.10. The Balaban J connectivity index is 1.02. The molecule has 12 rings (SSSR count). The summed E-state index contributed by atoms with van der Waals surface area (Å²) in [5.74, 6) is 0.299. The van der Waals surface area contributed by atoms with Gasteiger partial charge in [0.15, 0.2) is 0 Å². The number of benzene rings is 10. The van der Waals surface area contributed by atoms with Gasteiger partial charge >= 0.3 is 0 Å². The van der Waals surface area contributed by atoms with Crippen LogP contribution < -0.4 is 0 Å². The SMILES string of the molecule is c1ccc(-c2ccc(C(Cc3ccc4c5ccc(C6c7cc8ccccc8cc7-c7cccc8cccc6c78)cc5n(-c5ccccc5)c4c3)c3ccccc3)cc2)cc1. The molecule has 0 radical (unpaired) electrons. The topological polar surface area (TPSA) is 4.93 Å². The maximum absolute atomic E-state index is 2.50. The molecule has 282 valence electrons. The van der Waals surface area contributed by atoms with Gasteiger partial charge in [-0.2, -0.15) is 0 Å². The Morgan fingerprint density at radius 2 is 1.00 bits per heavy atom. The third kappa shape index (κ3) is 5.69. The van der Waals surface area contributed by atoms with Gasteiger partial charge in [0.05, 0.1) is 11.0 Å². The molecule has 0 saturated heterocycles. The van der Waals surface area contributed by atoms with E-state index in [0.717, 1.165) is 6.42 Å². The summed E-state index contributed by atoms with van der Waals surface area (Å²) in [7, 11) is 0. The van der Waals surface area contributed by atoms with E-state index < -0.39 is 0 Å². The molecule has 2 unspecified atom stereocenters. The van der Waals surface area contributed by atoms with Gasteiger partial charge in [-0.3, -0.25) is 0 Å². The van der Waals surface area contributed by atoms with E-state index in [1.54, 1.807) is 0 Å². The smallest absolute Gasteiger partial charge is 0.0544 e. The largest absolute Gasteiger partial charge is 0.309 e. The minimum absolute atomic E-state index is 0.0883. The Morgan fingerprint density at radius 1 is 0.400 bits per heavy atom. The zero-order chi connectivity index (χ0) is 39.6. The Kier molecular flexibility index (Phi) is 8.13. The van der Waals surface area contributed by atoms with Crippen molar-refractivity contribution in [1.82, 2.24) is 4.57 Å². The quantitative estimate of drug-likeness (QED) is 0.152. The Bertz CT molecular complexity index is 3370. The molecule has 1 aliphatic carbocycles. The average molecular weight is 764 g/mol. The molecular weight excluding hydrogens is 723 g/mol. The molecule has 0 aliphatic heterocycles. The van der Waals surface area contributed by atoms with E-state index >= 15 is 0 Å². The summed E-state index contributed by atoms with van der Waals surface area (Å²) in [6, 6.07) is 83.6. The zero-order valence-electron chi connectivity index (χ0n) is 33.2. The fourth-order valence-corrected chi connectivity index (χ4v) is 10.2. The minimum atomic E-state index is 0.0883. The van der Waals surface area contributed by atoms with Crippen molar-refractivity contribution in [3.63, 3.8) is 0 Å². The number of fused-ring (bicyclic) bond motifs is 6. The molecule has 2 atom stereocenters. The van der Waals surface area contributed by atoms with Gasteiger partial charge in [0, 0.05) is 28.3 Å². The van der Waals surface area contributed by atoms with Crippen molar-refractivity contribution in [1.29, 1.82) is 0 Å². The predicted octanol–water partition coefficient (Wildman–Crippen LogP) is 15.3. The lowest BCUT2D eigenvalue weighted by Crippen LogP contribution is -2.11. The summed E-state index contributed by atoms with van der Waals surface area (Å²) < 4.78 is 2.50. The Hall–Kier alpha value is -7.48. The van der Waals surface area contributed by atoms with Crippen LogP contribution in [0.3, 0.4) is 0 Å². The van der Waals surface area contributed by atoms with Crippen LogP contribution in [0.2, 0.25) is 0 Å². The highest BCUT2D eigenvalue weighted by Gasteiger charge is 2.30. The Labute approximate surface area is 350 Å². The second kappa shape index (κ2) is 14.1. The molecule has 60 heavy (non-hydrogen) atoms. The van der Waals surface area contributed by atoms with Crippen molar-refractivity contribution in [3.8, 4) is 27.9 Å². The number of hydrogen-bond acceptors (Lipinski definition) is 0. The highest BCUT2D eigenvalue weighted by atomic mass is 15.0. The number of rotatable bonds is 7. The van der Waals surface area contributed by atoms with Gasteiger partial charge in [-0.15, -0.1) is 0 Å². The third-order valence-corrected chi connectivity index (χ3v) is 13.0. The molecule has 10 aromatic carbocycles. The fraction of sp³-hybridized carbons (Fsp3) is 0.0508. The van der Waals surface area contributed by atoms with E-state index in [-0.39, 0.29) is 11.8 Å². The maximum atomic E-state index is 2.50. The van der Waals surface area contributed by atoms with Gasteiger partial charge in [-0.1, -0.05) is 188 Å². The molecule has 1 nitrogen and oxygen atoms in total. The normalized spacial score (nSPS) is 13.8. The maximum Gasteiger partial charge on any atom is 0.0544 e. The van der Waals surface area contributed by atoms with Crippen molar-refractivity contribution < 1.29 is 0 Å². The molecule has 0 bridgehead atoms. The second-order valence-corrected chi connectivity index (χ2v) is 16.4. The van der Waals surface area contributed by atoms with Crippen LogP contribution in [-0.2, 0) is 6.42 Å². The Morgan fingerprint density at radius 3 is 1.77 bits per heavy atom. The zero-order valence-corrected chi connectivity index (χ0v) is 33.2. The molecule has 1 heterocycles. The van der Waals surface area contributed by atoms with Gasteiger partial charge in [0.25, 0.3) is 0 Å². The first-order chi connectivity index (χ1) is 29.7. The molecule has 0 saturated carbocycles. The first kappa shape index (κ1) is 34.6. The number of hydrogen-bond donors (Lipinski definition) is 0. The standard InChI is InChI=1S/C59H41N/c1-4-14-40(15-5-1)41-27-29-43(30-28-41)53(42-16-6-2-7-17-42)34-39-26-32-49-50-33-31-47(38-57(50)60(56(49)35-39)48-22-8-3-9-23-48)59-52-25-13-21-44-20-12-24-51(58(44)52)54-36-45-18-10-11-19-46(45)37-55(54)59/h1-33,35-38,53,59H,34H2. The van der Waals surface area contributed by atoms with E-state index in [4.69, 9.17) is 0 Å². The van der Waals surface area contributed by atoms with Crippen molar-refractivity contribution in [2.24, 2.45) is 0 Å². The first-order valence-electron chi connectivity index (χ1n) is 21.1. The predicted molar refractivity (Wildman–Crippen MR) is 252 cm³/mol. The molecule has 0 fully saturated rings. The molecule has 1 heteroatoms. The van der Waals surface area contributed by atoms with Gasteiger partial charge in [-0.25, -0.2) is 0 Å². The van der Waals surface area contributed by atoms with Gasteiger partial charge in [0.1, 0.15) is 0 Å². The van der Waals surface area contributed by atoms with Crippen LogP contribution in [0.4, 0.5) is 0 Å². The minimum Gasteiger partial charge on any atom is -0.309 e. The summed E-state index contributed by atoms with van der Waals surface area (Å²) >= 11 is 0. The van der Waals surface area contributed by atoms with E-state index in [1.165, 1.54) is 105 Å². The van der Waals surface area contributed by atoms with Crippen molar-refractivity contribution in [2.45, 2.75) is 18.3 Å². The number of nitrogens with zero attached hydrogens (tertiary/aromatic N) is 1. The van der Waals surface area contributed by atoms with E-state index in [2.05, 4.69) is 229 Å². The molecule has 0 N–H and O–H groups in total. The fourth-order valence-electron chi connectivity index (χ4n) is 10.2. The molecule has 0 spiro atoms. The monoisotopic (exact) mass is 763 g/mol. The lowest BCUT2D eigenvalue weighted by atomic mass is 9.73. The number of para-hydroxylation sites is 1. The first-order valence-corrected chi connectivity index (χ1v) is 21.1. The second-order valence-electron chi connectivity index (χ2n) is 16.4. The van der Waals surface area contributed by atoms with Crippen LogP contribution >= 0.6 is 0 Å². The lowest BCUT2D eigenvalue weighted by Gasteiger charge is -2.30. The molecule has 1 aliphatic rings. The van der Waals surface area contributed by atoms with E-state index in [0.29, 0.717) is 0 Å². The molecule has 0 amide bonds.